The lowest BCUT2D eigenvalue weighted by Gasteiger charge is -2.04. The van der Waals surface area contributed by atoms with Crippen molar-refractivity contribution in [3.8, 4) is 0 Å². The molecule has 0 bridgehead atoms. The summed E-state index contributed by atoms with van der Waals surface area (Å²) in [5.74, 6) is 3.06. The van der Waals surface area contributed by atoms with E-state index in [1.54, 1.807) is 0 Å². The van der Waals surface area contributed by atoms with E-state index < -0.39 is 0 Å². The predicted molar refractivity (Wildman–Crippen MR) is 39.1 cm³/mol. The van der Waals surface area contributed by atoms with Crippen LogP contribution in [-0.2, 0) is 0 Å². The van der Waals surface area contributed by atoms with E-state index in [9.17, 15) is 0 Å². The second-order valence-corrected chi connectivity index (χ2v) is 3.43. The molecular formula is C9H14. The van der Waals surface area contributed by atoms with Crippen molar-refractivity contribution in [3.63, 3.8) is 0 Å². The fourth-order valence-corrected chi connectivity index (χ4v) is 2.40. The molecule has 3 atom stereocenters. The van der Waals surface area contributed by atoms with Crippen LogP contribution < -0.4 is 0 Å². The first kappa shape index (κ1) is 5.52. The molecule has 2 saturated carbocycles. The monoisotopic (exact) mass is 122 g/mol. The Morgan fingerprint density at radius 3 is 2.11 bits per heavy atom. The Morgan fingerprint density at radius 1 is 1.11 bits per heavy atom. The molecular weight excluding hydrogens is 108 g/mol. The maximum atomic E-state index is 3.85. The lowest BCUT2D eigenvalue weighted by atomic mass is 10.0. The smallest absolute Gasteiger partial charge is 0.0174 e. The fourth-order valence-electron chi connectivity index (χ4n) is 2.40. The summed E-state index contributed by atoms with van der Waals surface area (Å²) in [5, 5.41) is 0. The minimum absolute atomic E-state index is 0.924. The number of hydrogen-bond acceptors (Lipinski definition) is 0. The van der Waals surface area contributed by atoms with E-state index in [0.29, 0.717) is 0 Å². The van der Waals surface area contributed by atoms with Crippen LogP contribution in [0.5, 0.6) is 0 Å². The number of rotatable bonds is 1. The molecule has 0 N–H and O–H groups in total. The van der Waals surface area contributed by atoms with Crippen molar-refractivity contribution in [1.29, 1.82) is 0 Å². The van der Waals surface area contributed by atoms with Gasteiger partial charge >= 0.3 is 0 Å². The molecule has 0 heterocycles. The zero-order chi connectivity index (χ0) is 6.27. The van der Waals surface area contributed by atoms with Crippen LogP contribution >= 0.6 is 0 Å². The van der Waals surface area contributed by atoms with Gasteiger partial charge in [0.2, 0.25) is 0 Å². The zero-order valence-corrected chi connectivity index (χ0v) is 5.84. The quantitative estimate of drug-likeness (QED) is 0.469. The second-order valence-electron chi connectivity index (χ2n) is 3.43. The van der Waals surface area contributed by atoms with Gasteiger partial charge in [-0.15, -0.1) is 6.58 Å². The van der Waals surface area contributed by atoms with Gasteiger partial charge in [-0.05, 0) is 30.6 Å². The van der Waals surface area contributed by atoms with E-state index in [-0.39, 0.29) is 0 Å². The summed E-state index contributed by atoms with van der Waals surface area (Å²) < 4.78 is 0. The van der Waals surface area contributed by atoms with Gasteiger partial charge in [-0.1, -0.05) is 18.9 Å². The number of hydrogen-bond donors (Lipinski definition) is 0. The van der Waals surface area contributed by atoms with Crippen molar-refractivity contribution in [3.05, 3.63) is 12.7 Å². The lowest BCUT2D eigenvalue weighted by molar-refractivity contribution is 0.480. The van der Waals surface area contributed by atoms with Crippen LogP contribution in [0.4, 0.5) is 0 Å². The number of allylic oxidation sites excluding steroid dienone is 1. The zero-order valence-electron chi connectivity index (χ0n) is 5.84. The molecule has 0 nitrogen and oxygen atoms in total. The van der Waals surface area contributed by atoms with Crippen molar-refractivity contribution >= 4 is 0 Å². The fraction of sp³-hybridized carbons (Fsp3) is 0.778. The molecule has 2 aliphatic carbocycles. The highest BCUT2D eigenvalue weighted by Crippen LogP contribution is 2.55. The molecule has 2 fully saturated rings. The molecule has 50 valence electrons. The Labute approximate surface area is 57.0 Å². The van der Waals surface area contributed by atoms with Gasteiger partial charge in [-0.3, -0.25) is 0 Å². The van der Waals surface area contributed by atoms with Crippen LogP contribution in [0.2, 0.25) is 0 Å². The van der Waals surface area contributed by atoms with E-state index in [4.69, 9.17) is 0 Å². The molecule has 0 saturated heterocycles. The summed E-state index contributed by atoms with van der Waals surface area (Å²) in [6.45, 7) is 3.85. The van der Waals surface area contributed by atoms with Crippen LogP contribution in [0.25, 0.3) is 0 Å². The van der Waals surface area contributed by atoms with Crippen molar-refractivity contribution in [2.45, 2.75) is 25.7 Å². The first-order chi connectivity index (χ1) is 4.43. The molecule has 0 radical (unpaired) electrons. The average molecular weight is 122 g/mol. The molecule has 0 amide bonds. The third kappa shape index (κ3) is 0.726. The highest BCUT2D eigenvalue weighted by Gasteiger charge is 2.48. The van der Waals surface area contributed by atoms with Crippen molar-refractivity contribution in [1.82, 2.24) is 0 Å². The van der Waals surface area contributed by atoms with E-state index in [2.05, 4.69) is 12.7 Å². The predicted octanol–water partition coefficient (Wildman–Crippen LogP) is 2.61. The summed E-state index contributed by atoms with van der Waals surface area (Å²) in [6, 6.07) is 0. The summed E-state index contributed by atoms with van der Waals surface area (Å²) >= 11 is 0. The first-order valence-corrected chi connectivity index (χ1v) is 4.06. The third-order valence-corrected chi connectivity index (χ3v) is 2.99. The Hall–Kier alpha value is -0.260. The molecule has 0 aromatic heterocycles. The van der Waals surface area contributed by atoms with Gasteiger partial charge in [0.15, 0.2) is 0 Å². The summed E-state index contributed by atoms with van der Waals surface area (Å²) in [4.78, 5) is 0. The average Bonchev–Trinajstić information content (AvgIpc) is 2.60. The summed E-state index contributed by atoms with van der Waals surface area (Å²) in [6.07, 6.45) is 8.10. The molecule has 1 unspecified atom stereocenters. The molecule has 2 rings (SSSR count). The van der Waals surface area contributed by atoms with E-state index >= 15 is 0 Å². The van der Waals surface area contributed by atoms with Crippen molar-refractivity contribution < 1.29 is 0 Å². The maximum Gasteiger partial charge on any atom is -0.0174 e. The van der Waals surface area contributed by atoms with Crippen LogP contribution in [-0.4, -0.2) is 0 Å². The van der Waals surface area contributed by atoms with Gasteiger partial charge in [0, 0.05) is 0 Å². The molecule has 0 spiro atoms. The SMILES string of the molecule is C=CC1[C@H]2CCCC[C@@H]12. The summed E-state index contributed by atoms with van der Waals surface area (Å²) in [5.41, 5.74) is 0. The lowest BCUT2D eigenvalue weighted by Crippen LogP contribution is -1.91. The van der Waals surface area contributed by atoms with Crippen molar-refractivity contribution in [2.75, 3.05) is 0 Å². The Morgan fingerprint density at radius 2 is 1.67 bits per heavy atom. The minimum Gasteiger partial charge on any atom is -0.103 e. The van der Waals surface area contributed by atoms with Gasteiger partial charge in [0.1, 0.15) is 0 Å². The minimum atomic E-state index is 0.924. The molecule has 9 heavy (non-hydrogen) atoms. The van der Waals surface area contributed by atoms with Gasteiger partial charge in [0.25, 0.3) is 0 Å². The van der Waals surface area contributed by atoms with Crippen LogP contribution in [0.3, 0.4) is 0 Å². The highest BCUT2D eigenvalue weighted by molar-refractivity contribution is 5.06. The Bertz CT molecular complexity index is 114. The Balaban J connectivity index is 1.98. The normalized spacial score (nSPS) is 47.8. The van der Waals surface area contributed by atoms with Crippen LogP contribution in [0, 0.1) is 17.8 Å². The van der Waals surface area contributed by atoms with E-state index in [1.165, 1.54) is 25.7 Å². The largest absolute Gasteiger partial charge is 0.103 e. The maximum absolute atomic E-state index is 3.85. The van der Waals surface area contributed by atoms with Gasteiger partial charge in [0.05, 0.1) is 0 Å². The van der Waals surface area contributed by atoms with E-state index in [0.717, 1.165) is 17.8 Å². The Kier molecular flexibility index (Phi) is 1.14. The van der Waals surface area contributed by atoms with E-state index in [1.807, 2.05) is 0 Å². The van der Waals surface area contributed by atoms with Gasteiger partial charge in [-0.25, -0.2) is 0 Å². The standard InChI is InChI=1S/C9H14/c1-2-7-8-5-3-4-6-9(7)8/h2,7-9H,1,3-6H2/t7?,8-,9+. The van der Waals surface area contributed by atoms with Gasteiger partial charge < -0.3 is 0 Å². The second kappa shape index (κ2) is 1.86. The topological polar surface area (TPSA) is 0 Å². The van der Waals surface area contributed by atoms with Gasteiger partial charge in [-0.2, -0.15) is 0 Å². The van der Waals surface area contributed by atoms with Crippen molar-refractivity contribution in [2.24, 2.45) is 17.8 Å². The molecule has 0 aliphatic heterocycles. The first-order valence-electron chi connectivity index (χ1n) is 4.06. The third-order valence-electron chi connectivity index (χ3n) is 2.99. The summed E-state index contributed by atoms with van der Waals surface area (Å²) in [7, 11) is 0. The van der Waals surface area contributed by atoms with Crippen LogP contribution in [0.1, 0.15) is 25.7 Å². The van der Waals surface area contributed by atoms with Crippen LogP contribution in [0.15, 0.2) is 12.7 Å². The highest BCUT2D eigenvalue weighted by atomic mass is 14.5. The molecule has 0 aromatic rings. The molecule has 2 aliphatic rings. The number of fused-ring (bicyclic) bond motifs is 1. The molecule has 0 aromatic carbocycles. The molecule has 0 heteroatoms.